The molecule has 0 aliphatic carbocycles. The Hall–Kier alpha value is -2.47. The number of halogens is 3. The Bertz CT molecular complexity index is 872. The Morgan fingerprint density at radius 3 is 2.65 bits per heavy atom. The van der Waals surface area contributed by atoms with Crippen LogP contribution in [0.15, 0.2) is 36.4 Å². The summed E-state index contributed by atoms with van der Waals surface area (Å²) in [5.41, 5.74) is 1.51. The molecular weight excluding hydrogens is 364 g/mol. The van der Waals surface area contributed by atoms with Gasteiger partial charge in [-0.15, -0.1) is 0 Å². The number of carbonyl (C=O) groups is 2. The van der Waals surface area contributed by atoms with Crippen LogP contribution in [0.25, 0.3) is 0 Å². The highest BCUT2D eigenvalue weighted by molar-refractivity contribution is 6.33. The highest BCUT2D eigenvalue weighted by atomic mass is 35.5. The van der Waals surface area contributed by atoms with Crippen molar-refractivity contribution in [2.45, 2.75) is 25.9 Å². The molecule has 3 rings (SSSR count). The molecule has 7 heteroatoms. The molecule has 2 aromatic rings. The third-order valence-corrected chi connectivity index (χ3v) is 4.55. The average molecular weight is 380 g/mol. The van der Waals surface area contributed by atoms with Crippen molar-refractivity contribution >= 4 is 29.2 Å². The van der Waals surface area contributed by atoms with Crippen LogP contribution in [0.4, 0.5) is 14.5 Å². The average Bonchev–Trinajstić information content (AvgIpc) is 2.63. The molecule has 1 aliphatic rings. The van der Waals surface area contributed by atoms with Crippen molar-refractivity contribution in [3.05, 3.63) is 64.2 Å². The molecule has 0 fully saturated rings. The number of hydrogen-bond acceptors (Lipinski definition) is 3. The fourth-order valence-corrected chi connectivity index (χ4v) is 3.16. The lowest BCUT2D eigenvalue weighted by Crippen LogP contribution is -2.42. The van der Waals surface area contributed by atoms with Crippen molar-refractivity contribution in [3.63, 3.8) is 0 Å². The first kappa shape index (κ1) is 18.3. The predicted molar refractivity (Wildman–Crippen MR) is 93.4 cm³/mol. The number of fused-ring (bicyclic) bond motifs is 1. The monoisotopic (exact) mass is 379 g/mol. The number of nitrogens with zero attached hydrogens (tertiary/aromatic N) is 1. The lowest BCUT2D eigenvalue weighted by atomic mass is 10.0. The van der Waals surface area contributed by atoms with Crippen molar-refractivity contribution in [1.29, 1.82) is 0 Å². The van der Waals surface area contributed by atoms with Gasteiger partial charge in [0.1, 0.15) is 0 Å². The first-order chi connectivity index (χ1) is 12.4. The van der Waals surface area contributed by atoms with Gasteiger partial charge in [-0.1, -0.05) is 29.8 Å². The predicted octanol–water partition coefficient (Wildman–Crippen LogP) is 4.14. The zero-order valence-corrected chi connectivity index (χ0v) is 14.7. The smallest absolute Gasteiger partial charge is 0.340 e. The number of ether oxygens (including phenoxy) is 1. The van der Waals surface area contributed by atoms with E-state index in [1.165, 1.54) is 6.92 Å². The van der Waals surface area contributed by atoms with Gasteiger partial charge in [0.25, 0.3) is 5.91 Å². The van der Waals surface area contributed by atoms with Crippen LogP contribution in [0.5, 0.6) is 0 Å². The minimum Gasteiger partial charge on any atom is -0.449 e. The van der Waals surface area contributed by atoms with Crippen LogP contribution in [0.1, 0.15) is 29.3 Å². The van der Waals surface area contributed by atoms with Gasteiger partial charge < -0.3 is 9.64 Å². The molecule has 26 heavy (non-hydrogen) atoms. The topological polar surface area (TPSA) is 46.6 Å². The molecule has 4 nitrogen and oxygen atoms in total. The molecule has 0 saturated heterocycles. The summed E-state index contributed by atoms with van der Waals surface area (Å²) in [6.07, 6.45) is 0.578. The summed E-state index contributed by atoms with van der Waals surface area (Å²) in [4.78, 5) is 26.5. The number of rotatable bonds is 3. The summed E-state index contributed by atoms with van der Waals surface area (Å²) in [5.74, 6) is -3.75. The van der Waals surface area contributed by atoms with Gasteiger partial charge in [0.2, 0.25) is 0 Å². The van der Waals surface area contributed by atoms with Crippen molar-refractivity contribution in [1.82, 2.24) is 0 Å². The number of amides is 1. The van der Waals surface area contributed by atoms with Gasteiger partial charge in [0.15, 0.2) is 17.7 Å². The number of para-hydroxylation sites is 1. The van der Waals surface area contributed by atoms with Gasteiger partial charge in [-0.2, -0.15) is 0 Å². The zero-order valence-electron chi connectivity index (χ0n) is 14.0. The Labute approximate surface area is 154 Å². The second-order valence-electron chi connectivity index (χ2n) is 6.02. The van der Waals surface area contributed by atoms with Gasteiger partial charge in [0.05, 0.1) is 10.6 Å². The van der Waals surface area contributed by atoms with E-state index in [9.17, 15) is 18.4 Å². The molecule has 1 heterocycles. The minimum atomic E-state index is -1.22. The van der Waals surface area contributed by atoms with E-state index in [1.807, 2.05) is 24.3 Å². The molecule has 0 saturated carbocycles. The lowest BCUT2D eigenvalue weighted by molar-refractivity contribution is -0.126. The summed E-state index contributed by atoms with van der Waals surface area (Å²) in [7, 11) is 0. The van der Waals surface area contributed by atoms with Gasteiger partial charge in [-0.05, 0) is 43.5 Å². The molecule has 2 aromatic carbocycles. The van der Waals surface area contributed by atoms with E-state index in [0.717, 1.165) is 24.1 Å². The number of benzene rings is 2. The molecular formula is C19H16ClF2NO3. The fraction of sp³-hybridized carbons (Fsp3) is 0.263. The van der Waals surface area contributed by atoms with Gasteiger partial charge in [-0.25, -0.2) is 13.6 Å². The van der Waals surface area contributed by atoms with E-state index < -0.39 is 23.7 Å². The third-order valence-electron chi connectivity index (χ3n) is 4.24. The summed E-state index contributed by atoms with van der Waals surface area (Å²) < 4.78 is 31.6. The Morgan fingerprint density at radius 2 is 1.88 bits per heavy atom. The molecule has 0 bridgehead atoms. The lowest BCUT2D eigenvalue weighted by Gasteiger charge is -2.31. The fourth-order valence-electron chi connectivity index (χ4n) is 2.94. The van der Waals surface area contributed by atoms with E-state index in [4.69, 9.17) is 16.3 Å². The van der Waals surface area contributed by atoms with Gasteiger partial charge in [-0.3, -0.25) is 4.79 Å². The quantitative estimate of drug-likeness (QED) is 0.594. The first-order valence-electron chi connectivity index (χ1n) is 8.13. The Balaban J connectivity index is 1.76. The number of aryl methyl sites for hydroxylation is 1. The highest BCUT2D eigenvalue weighted by Crippen LogP contribution is 2.28. The summed E-state index contributed by atoms with van der Waals surface area (Å²) >= 11 is 5.77. The Morgan fingerprint density at radius 1 is 1.19 bits per heavy atom. The second kappa shape index (κ2) is 7.41. The van der Waals surface area contributed by atoms with Crippen LogP contribution in [0.3, 0.4) is 0 Å². The molecule has 0 aromatic heterocycles. The molecule has 0 spiro atoms. The number of anilines is 1. The summed E-state index contributed by atoms with van der Waals surface area (Å²) in [5, 5.41) is -0.281. The van der Waals surface area contributed by atoms with Gasteiger partial charge in [0, 0.05) is 12.2 Å². The molecule has 0 radical (unpaired) electrons. The van der Waals surface area contributed by atoms with E-state index in [1.54, 1.807) is 4.90 Å². The summed E-state index contributed by atoms with van der Waals surface area (Å²) in [6.45, 7) is 1.95. The van der Waals surface area contributed by atoms with Crippen LogP contribution in [-0.4, -0.2) is 24.5 Å². The maximum atomic E-state index is 13.4. The molecule has 136 valence electrons. The number of esters is 1. The largest absolute Gasteiger partial charge is 0.449 e. The maximum absolute atomic E-state index is 13.4. The van der Waals surface area contributed by atoms with E-state index >= 15 is 0 Å². The van der Waals surface area contributed by atoms with Crippen molar-refractivity contribution in [3.8, 4) is 0 Å². The number of carbonyl (C=O) groups excluding carboxylic acids is 2. The summed E-state index contributed by atoms with van der Waals surface area (Å²) in [6, 6.07) is 8.89. The van der Waals surface area contributed by atoms with Crippen LogP contribution < -0.4 is 4.90 Å². The molecule has 1 aliphatic heterocycles. The van der Waals surface area contributed by atoms with Gasteiger partial charge >= 0.3 is 5.97 Å². The van der Waals surface area contributed by atoms with Crippen LogP contribution in [0.2, 0.25) is 5.02 Å². The van der Waals surface area contributed by atoms with E-state index in [-0.39, 0.29) is 16.5 Å². The molecule has 1 atom stereocenters. The van der Waals surface area contributed by atoms with Crippen LogP contribution >= 0.6 is 11.6 Å². The standard InChI is InChI=1S/C19H16ClF2NO3/c1-11(26-19(25)13-9-15(21)16(22)10-14(13)20)18(24)23-8-4-6-12-5-2-3-7-17(12)23/h2-3,5,7,9-11H,4,6,8H2,1H3. The highest BCUT2D eigenvalue weighted by Gasteiger charge is 2.29. The van der Waals surface area contributed by atoms with Crippen molar-refractivity contribution in [2.24, 2.45) is 0 Å². The Kier molecular flexibility index (Phi) is 5.23. The maximum Gasteiger partial charge on any atom is 0.340 e. The van der Waals surface area contributed by atoms with Crippen LogP contribution in [-0.2, 0) is 16.0 Å². The zero-order chi connectivity index (χ0) is 18.8. The van der Waals surface area contributed by atoms with Crippen molar-refractivity contribution in [2.75, 3.05) is 11.4 Å². The molecule has 1 amide bonds. The molecule has 0 N–H and O–H groups in total. The number of hydrogen-bond donors (Lipinski definition) is 0. The second-order valence-corrected chi connectivity index (χ2v) is 6.42. The van der Waals surface area contributed by atoms with Crippen molar-refractivity contribution < 1.29 is 23.1 Å². The third kappa shape index (κ3) is 3.55. The first-order valence-corrected chi connectivity index (χ1v) is 8.51. The molecule has 1 unspecified atom stereocenters. The minimum absolute atomic E-state index is 0.281. The van der Waals surface area contributed by atoms with E-state index in [0.29, 0.717) is 18.7 Å². The van der Waals surface area contributed by atoms with E-state index in [2.05, 4.69) is 0 Å². The SMILES string of the molecule is CC(OC(=O)c1cc(F)c(F)cc1Cl)C(=O)N1CCCc2ccccc21. The normalized spacial score (nSPS) is 14.5. The van der Waals surface area contributed by atoms with Crippen LogP contribution in [0, 0.1) is 11.6 Å².